The number of halogens is 1. The van der Waals surface area contributed by atoms with Crippen LogP contribution in [0, 0.1) is 0 Å². The van der Waals surface area contributed by atoms with Crippen molar-refractivity contribution in [1.82, 2.24) is 15.5 Å². The van der Waals surface area contributed by atoms with Gasteiger partial charge in [-0.1, -0.05) is 31.2 Å². The van der Waals surface area contributed by atoms with E-state index in [1.54, 1.807) is 7.05 Å². The van der Waals surface area contributed by atoms with E-state index in [0.29, 0.717) is 0 Å². The Morgan fingerprint density at radius 1 is 1.32 bits per heavy atom. The first-order valence-electron chi connectivity index (χ1n) is 6.34. The molecule has 0 heterocycles. The molecule has 1 aromatic rings. The zero-order valence-electron chi connectivity index (χ0n) is 12.2. The van der Waals surface area contributed by atoms with Gasteiger partial charge in [0.15, 0.2) is 5.96 Å². The number of rotatable bonds is 5. The van der Waals surface area contributed by atoms with Crippen LogP contribution in [0.25, 0.3) is 0 Å². The molecule has 1 rings (SSSR count). The minimum Gasteiger partial charge on any atom is -0.359 e. The average Bonchev–Trinajstić information content (AvgIpc) is 2.40. The largest absolute Gasteiger partial charge is 0.359 e. The first-order valence-corrected chi connectivity index (χ1v) is 6.34. The SMILES string of the molecule is CCN(C)Cc1cccc(CNC(=NC)NC)c1.I. The molecule has 0 spiro atoms. The van der Waals surface area contributed by atoms with E-state index in [2.05, 4.69) is 58.8 Å². The summed E-state index contributed by atoms with van der Waals surface area (Å²) in [6.07, 6.45) is 0. The highest BCUT2D eigenvalue weighted by atomic mass is 127. The lowest BCUT2D eigenvalue weighted by Gasteiger charge is -2.15. The van der Waals surface area contributed by atoms with E-state index in [0.717, 1.165) is 25.6 Å². The highest BCUT2D eigenvalue weighted by Gasteiger charge is 2.00. The Balaban J connectivity index is 0.00000324. The van der Waals surface area contributed by atoms with Gasteiger partial charge < -0.3 is 15.5 Å². The second-order valence-electron chi connectivity index (χ2n) is 4.33. The Morgan fingerprint density at radius 3 is 2.58 bits per heavy atom. The number of nitrogens with one attached hydrogen (secondary N) is 2. The standard InChI is InChI=1S/C14H24N4.HI/c1-5-18(4)11-13-8-6-7-12(9-13)10-17-14(15-2)16-3;/h6-9H,5,10-11H2,1-4H3,(H2,15,16,17);1H. The fourth-order valence-electron chi connectivity index (χ4n) is 1.73. The summed E-state index contributed by atoms with van der Waals surface area (Å²) in [6.45, 7) is 5.01. The molecule has 5 heteroatoms. The van der Waals surface area contributed by atoms with Crippen LogP contribution in [0.2, 0.25) is 0 Å². The first-order chi connectivity index (χ1) is 8.69. The zero-order valence-corrected chi connectivity index (χ0v) is 14.6. The highest BCUT2D eigenvalue weighted by molar-refractivity contribution is 14.0. The lowest BCUT2D eigenvalue weighted by Crippen LogP contribution is -2.34. The normalized spacial score (nSPS) is 11.1. The maximum Gasteiger partial charge on any atom is 0.190 e. The van der Waals surface area contributed by atoms with Gasteiger partial charge in [-0.3, -0.25) is 4.99 Å². The molecule has 0 aliphatic carbocycles. The molecule has 0 aliphatic heterocycles. The summed E-state index contributed by atoms with van der Waals surface area (Å²) < 4.78 is 0. The molecule has 0 radical (unpaired) electrons. The van der Waals surface area contributed by atoms with E-state index in [-0.39, 0.29) is 24.0 Å². The van der Waals surface area contributed by atoms with Crippen molar-refractivity contribution < 1.29 is 0 Å². The molecule has 0 fully saturated rings. The van der Waals surface area contributed by atoms with E-state index in [4.69, 9.17) is 0 Å². The summed E-state index contributed by atoms with van der Waals surface area (Å²) in [5.41, 5.74) is 2.62. The molecule has 0 amide bonds. The second-order valence-corrected chi connectivity index (χ2v) is 4.33. The minimum atomic E-state index is 0. The molecule has 0 aliphatic rings. The molecule has 0 saturated heterocycles. The third-order valence-corrected chi connectivity index (χ3v) is 2.90. The van der Waals surface area contributed by atoms with E-state index in [1.165, 1.54) is 11.1 Å². The molecule has 19 heavy (non-hydrogen) atoms. The van der Waals surface area contributed by atoms with E-state index >= 15 is 0 Å². The quantitative estimate of drug-likeness (QED) is 0.470. The van der Waals surface area contributed by atoms with E-state index in [1.807, 2.05) is 7.05 Å². The Hall–Kier alpha value is -0.820. The third kappa shape index (κ3) is 6.77. The van der Waals surface area contributed by atoms with Gasteiger partial charge in [0, 0.05) is 27.2 Å². The first kappa shape index (κ1) is 18.2. The molecule has 0 atom stereocenters. The van der Waals surface area contributed by atoms with Gasteiger partial charge in [-0.15, -0.1) is 24.0 Å². The van der Waals surface area contributed by atoms with Crippen LogP contribution >= 0.6 is 24.0 Å². The van der Waals surface area contributed by atoms with Gasteiger partial charge in [0.05, 0.1) is 0 Å². The molecule has 0 bridgehead atoms. The van der Waals surface area contributed by atoms with Gasteiger partial charge in [0.1, 0.15) is 0 Å². The van der Waals surface area contributed by atoms with Crippen LogP contribution in [0.4, 0.5) is 0 Å². The van der Waals surface area contributed by atoms with Crippen LogP contribution in [0.3, 0.4) is 0 Å². The molecule has 0 aromatic heterocycles. The Morgan fingerprint density at radius 2 is 2.00 bits per heavy atom. The summed E-state index contributed by atoms with van der Waals surface area (Å²) >= 11 is 0. The molecule has 1 aromatic carbocycles. The van der Waals surface area contributed by atoms with E-state index in [9.17, 15) is 0 Å². The summed E-state index contributed by atoms with van der Waals surface area (Å²) in [6, 6.07) is 8.65. The molecular formula is C14H25IN4. The highest BCUT2D eigenvalue weighted by Crippen LogP contribution is 2.07. The summed E-state index contributed by atoms with van der Waals surface area (Å²) in [5.74, 6) is 0.811. The number of nitrogens with zero attached hydrogens (tertiary/aromatic N) is 2. The third-order valence-electron chi connectivity index (χ3n) is 2.90. The summed E-state index contributed by atoms with van der Waals surface area (Å²) in [5, 5.41) is 6.26. The lowest BCUT2D eigenvalue weighted by molar-refractivity contribution is 0.345. The van der Waals surface area contributed by atoms with Crippen LogP contribution in [0.5, 0.6) is 0 Å². The molecule has 2 N–H and O–H groups in total. The number of benzene rings is 1. The summed E-state index contributed by atoms with van der Waals surface area (Å²) in [4.78, 5) is 6.38. The van der Waals surface area contributed by atoms with Crippen LogP contribution in [-0.2, 0) is 13.1 Å². The number of aliphatic imine (C=N–C) groups is 1. The molecule has 4 nitrogen and oxygen atoms in total. The maximum absolute atomic E-state index is 4.09. The van der Waals surface area contributed by atoms with Crippen LogP contribution in [0.1, 0.15) is 18.1 Å². The van der Waals surface area contributed by atoms with Crippen molar-refractivity contribution in [2.24, 2.45) is 4.99 Å². The van der Waals surface area contributed by atoms with E-state index < -0.39 is 0 Å². The van der Waals surface area contributed by atoms with Gasteiger partial charge in [-0.25, -0.2) is 0 Å². The van der Waals surface area contributed by atoms with Crippen molar-refractivity contribution in [1.29, 1.82) is 0 Å². The van der Waals surface area contributed by atoms with Crippen molar-refractivity contribution in [2.75, 3.05) is 27.7 Å². The van der Waals surface area contributed by atoms with Crippen molar-refractivity contribution >= 4 is 29.9 Å². The van der Waals surface area contributed by atoms with Crippen molar-refractivity contribution in [3.8, 4) is 0 Å². The van der Waals surface area contributed by atoms with Crippen molar-refractivity contribution in [2.45, 2.75) is 20.0 Å². The number of guanidine groups is 1. The van der Waals surface area contributed by atoms with Gasteiger partial charge in [0.2, 0.25) is 0 Å². The predicted octanol–water partition coefficient (Wildman–Crippen LogP) is 2.05. The fraction of sp³-hybridized carbons (Fsp3) is 0.500. The van der Waals surface area contributed by atoms with Crippen LogP contribution < -0.4 is 10.6 Å². The number of hydrogen-bond acceptors (Lipinski definition) is 2. The molecule has 0 saturated carbocycles. The van der Waals surface area contributed by atoms with Crippen LogP contribution in [0.15, 0.2) is 29.3 Å². The van der Waals surface area contributed by atoms with Gasteiger partial charge in [-0.2, -0.15) is 0 Å². The maximum atomic E-state index is 4.09. The summed E-state index contributed by atoms with van der Waals surface area (Å²) in [7, 11) is 5.77. The van der Waals surface area contributed by atoms with Gasteiger partial charge >= 0.3 is 0 Å². The predicted molar refractivity (Wildman–Crippen MR) is 93.1 cm³/mol. The van der Waals surface area contributed by atoms with Crippen molar-refractivity contribution in [3.63, 3.8) is 0 Å². The van der Waals surface area contributed by atoms with Crippen molar-refractivity contribution in [3.05, 3.63) is 35.4 Å². The fourth-order valence-corrected chi connectivity index (χ4v) is 1.73. The molecular weight excluding hydrogens is 351 g/mol. The monoisotopic (exact) mass is 376 g/mol. The smallest absolute Gasteiger partial charge is 0.190 e. The minimum absolute atomic E-state index is 0. The number of hydrogen-bond donors (Lipinski definition) is 2. The topological polar surface area (TPSA) is 39.7 Å². The molecule has 108 valence electrons. The average molecular weight is 376 g/mol. The molecule has 0 unspecified atom stereocenters. The van der Waals surface area contributed by atoms with Crippen LogP contribution in [-0.4, -0.2) is 38.5 Å². The zero-order chi connectivity index (χ0) is 13.4. The Labute approximate surface area is 133 Å². The lowest BCUT2D eigenvalue weighted by atomic mass is 10.1. The Bertz CT molecular complexity index is 393. The second kappa shape index (κ2) is 10.0. The van der Waals surface area contributed by atoms with Gasteiger partial charge in [0.25, 0.3) is 0 Å². The van der Waals surface area contributed by atoms with Gasteiger partial charge in [-0.05, 0) is 24.7 Å². The Kier molecular flexibility index (Phi) is 9.59.